The van der Waals surface area contributed by atoms with Crippen LogP contribution in [-0.2, 0) is 6.42 Å². The molecule has 0 atom stereocenters. The highest BCUT2D eigenvalue weighted by molar-refractivity contribution is 9.10. The third kappa shape index (κ3) is 4.15. The van der Waals surface area contributed by atoms with Gasteiger partial charge in [-0.15, -0.1) is 0 Å². The highest BCUT2D eigenvalue weighted by Crippen LogP contribution is 2.25. The smallest absolute Gasteiger partial charge is 0.118 e. The minimum absolute atomic E-state index is 0.729. The Morgan fingerprint density at radius 1 is 1.16 bits per heavy atom. The summed E-state index contributed by atoms with van der Waals surface area (Å²) in [6, 6.07) is 13.9. The van der Waals surface area contributed by atoms with Crippen LogP contribution in [0.5, 0.6) is 5.75 Å². The molecule has 100 valence electrons. The van der Waals surface area contributed by atoms with Crippen LogP contribution in [0.25, 0.3) is 0 Å². The number of methoxy groups -OCH3 is 1. The molecule has 0 saturated carbocycles. The summed E-state index contributed by atoms with van der Waals surface area (Å²) in [7, 11) is 1.68. The van der Waals surface area contributed by atoms with E-state index >= 15 is 0 Å². The van der Waals surface area contributed by atoms with Gasteiger partial charge in [0.2, 0.25) is 0 Å². The molecule has 1 N–H and O–H groups in total. The van der Waals surface area contributed by atoms with Crippen LogP contribution in [0.3, 0.4) is 0 Å². The largest absolute Gasteiger partial charge is 0.497 e. The summed E-state index contributed by atoms with van der Waals surface area (Å²) < 4.78 is 6.12. The van der Waals surface area contributed by atoms with E-state index in [0.29, 0.717) is 0 Å². The van der Waals surface area contributed by atoms with Gasteiger partial charge in [-0.2, -0.15) is 0 Å². The molecule has 0 fully saturated rings. The third-order valence-electron chi connectivity index (χ3n) is 2.82. The molecule has 2 aromatic carbocycles. The van der Waals surface area contributed by atoms with Gasteiger partial charge in [0.1, 0.15) is 5.75 Å². The molecule has 0 amide bonds. The standard InChI is InChI=1S/C15H15BrClNO/c1-19-13-5-2-11(3-6-13)8-9-18-15-7-4-12(17)10-14(15)16/h2-7,10,18H,8-9H2,1H3. The van der Waals surface area contributed by atoms with Crippen molar-refractivity contribution in [3.05, 3.63) is 57.5 Å². The van der Waals surface area contributed by atoms with Gasteiger partial charge in [-0.05, 0) is 58.2 Å². The van der Waals surface area contributed by atoms with Crippen LogP contribution in [0.4, 0.5) is 5.69 Å². The number of hydrogen-bond acceptors (Lipinski definition) is 2. The van der Waals surface area contributed by atoms with Crippen molar-refractivity contribution in [3.63, 3.8) is 0 Å². The molecule has 0 aromatic heterocycles. The minimum atomic E-state index is 0.729. The molecule has 0 bridgehead atoms. The van der Waals surface area contributed by atoms with Gasteiger partial charge in [0.05, 0.1) is 7.11 Å². The number of rotatable bonds is 5. The van der Waals surface area contributed by atoms with Crippen LogP contribution < -0.4 is 10.1 Å². The van der Waals surface area contributed by atoms with Crippen LogP contribution in [-0.4, -0.2) is 13.7 Å². The third-order valence-corrected chi connectivity index (χ3v) is 3.71. The molecule has 2 nitrogen and oxygen atoms in total. The maximum atomic E-state index is 5.91. The molecule has 19 heavy (non-hydrogen) atoms. The highest BCUT2D eigenvalue weighted by Gasteiger charge is 2.00. The van der Waals surface area contributed by atoms with Crippen LogP contribution in [0.15, 0.2) is 46.9 Å². The lowest BCUT2D eigenvalue weighted by Gasteiger charge is -2.09. The zero-order chi connectivity index (χ0) is 13.7. The van der Waals surface area contributed by atoms with E-state index in [9.17, 15) is 0 Å². The number of hydrogen-bond donors (Lipinski definition) is 1. The lowest BCUT2D eigenvalue weighted by atomic mass is 10.1. The molecule has 0 unspecified atom stereocenters. The second kappa shape index (κ2) is 6.83. The lowest BCUT2D eigenvalue weighted by molar-refractivity contribution is 0.414. The van der Waals surface area contributed by atoms with Gasteiger partial charge < -0.3 is 10.1 Å². The molecule has 0 aliphatic heterocycles. The fraction of sp³-hybridized carbons (Fsp3) is 0.200. The fourth-order valence-electron chi connectivity index (χ4n) is 1.77. The quantitative estimate of drug-likeness (QED) is 0.847. The first-order chi connectivity index (χ1) is 9.19. The van der Waals surface area contributed by atoms with Crippen LogP contribution in [0.2, 0.25) is 5.02 Å². The van der Waals surface area contributed by atoms with E-state index in [1.165, 1.54) is 5.56 Å². The van der Waals surface area contributed by atoms with Crippen molar-refractivity contribution >= 4 is 33.2 Å². The first kappa shape index (κ1) is 14.2. The van der Waals surface area contributed by atoms with Gasteiger partial charge in [0.15, 0.2) is 0 Å². The van der Waals surface area contributed by atoms with Crippen LogP contribution in [0, 0.1) is 0 Å². The molecule has 0 radical (unpaired) electrons. The summed E-state index contributed by atoms with van der Waals surface area (Å²) in [5, 5.41) is 4.11. The fourth-order valence-corrected chi connectivity index (χ4v) is 2.59. The molecule has 4 heteroatoms. The maximum Gasteiger partial charge on any atom is 0.118 e. The second-order valence-electron chi connectivity index (χ2n) is 4.15. The van der Waals surface area contributed by atoms with Crippen molar-refractivity contribution < 1.29 is 4.74 Å². The topological polar surface area (TPSA) is 21.3 Å². The van der Waals surface area contributed by atoms with E-state index in [1.807, 2.05) is 30.3 Å². The Morgan fingerprint density at radius 2 is 1.89 bits per heavy atom. The maximum absolute atomic E-state index is 5.91. The average Bonchev–Trinajstić information content (AvgIpc) is 2.42. The second-order valence-corrected chi connectivity index (χ2v) is 5.44. The summed E-state index contributed by atoms with van der Waals surface area (Å²) in [5.41, 5.74) is 2.33. The number of anilines is 1. The van der Waals surface area contributed by atoms with Gasteiger partial charge >= 0.3 is 0 Å². The van der Waals surface area contributed by atoms with Crippen molar-refractivity contribution in [2.45, 2.75) is 6.42 Å². The van der Waals surface area contributed by atoms with Gasteiger partial charge in [0, 0.05) is 21.7 Å². The summed E-state index contributed by atoms with van der Waals surface area (Å²) in [6.07, 6.45) is 0.957. The number of ether oxygens (including phenoxy) is 1. The molecule has 0 saturated heterocycles. The first-order valence-corrected chi connectivity index (χ1v) is 7.18. The Kier molecular flexibility index (Phi) is 5.11. The summed E-state index contributed by atoms with van der Waals surface area (Å²) in [5.74, 6) is 0.886. The Labute approximate surface area is 126 Å². The average molecular weight is 341 g/mol. The summed E-state index contributed by atoms with van der Waals surface area (Å²) in [4.78, 5) is 0. The molecule has 0 heterocycles. The van der Waals surface area contributed by atoms with Crippen molar-refractivity contribution in [2.75, 3.05) is 19.0 Å². The molecule has 0 aliphatic carbocycles. The molecule has 0 aliphatic rings. The molecular formula is C15H15BrClNO. The predicted octanol–water partition coefficient (Wildman–Crippen LogP) is 4.77. The Bertz CT molecular complexity index is 542. The van der Waals surface area contributed by atoms with Gasteiger partial charge in [-0.1, -0.05) is 23.7 Å². The lowest BCUT2D eigenvalue weighted by Crippen LogP contribution is -2.05. The molecule has 2 aromatic rings. The van der Waals surface area contributed by atoms with E-state index in [4.69, 9.17) is 16.3 Å². The number of halogens is 2. The van der Waals surface area contributed by atoms with Crippen molar-refractivity contribution in [2.24, 2.45) is 0 Å². The summed E-state index contributed by atoms with van der Waals surface area (Å²) in [6.45, 7) is 0.868. The predicted molar refractivity (Wildman–Crippen MR) is 84.3 cm³/mol. The zero-order valence-corrected chi connectivity index (χ0v) is 13.0. The molecule has 2 rings (SSSR count). The van der Waals surface area contributed by atoms with E-state index in [0.717, 1.165) is 33.9 Å². The monoisotopic (exact) mass is 339 g/mol. The Hall–Kier alpha value is -1.19. The highest BCUT2D eigenvalue weighted by atomic mass is 79.9. The number of nitrogens with one attached hydrogen (secondary N) is 1. The zero-order valence-electron chi connectivity index (χ0n) is 10.6. The van der Waals surface area contributed by atoms with E-state index in [-0.39, 0.29) is 0 Å². The van der Waals surface area contributed by atoms with E-state index in [2.05, 4.69) is 33.4 Å². The van der Waals surface area contributed by atoms with Crippen molar-refractivity contribution in [3.8, 4) is 5.75 Å². The normalized spacial score (nSPS) is 10.3. The van der Waals surface area contributed by atoms with Crippen molar-refractivity contribution in [1.82, 2.24) is 0 Å². The van der Waals surface area contributed by atoms with Gasteiger partial charge in [-0.25, -0.2) is 0 Å². The first-order valence-electron chi connectivity index (χ1n) is 6.01. The number of benzene rings is 2. The van der Waals surface area contributed by atoms with Gasteiger partial charge in [-0.3, -0.25) is 0 Å². The Morgan fingerprint density at radius 3 is 2.53 bits per heavy atom. The summed E-state index contributed by atoms with van der Waals surface area (Å²) >= 11 is 9.39. The van der Waals surface area contributed by atoms with E-state index in [1.54, 1.807) is 7.11 Å². The Balaban J connectivity index is 1.88. The van der Waals surface area contributed by atoms with Crippen LogP contribution >= 0.6 is 27.5 Å². The SMILES string of the molecule is COc1ccc(CCNc2ccc(Cl)cc2Br)cc1. The van der Waals surface area contributed by atoms with Crippen molar-refractivity contribution in [1.29, 1.82) is 0 Å². The van der Waals surface area contributed by atoms with Gasteiger partial charge in [0.25, 0.3) is 0 Å². The molecular weight excluding hydrogens is 326 g/mol. The van der Waals surface area contributed by atoms with Crippen LogP contribution in [0.1, 0.15) is 5.56 Å². The minimum Gasteiger partial charge on any atom is -0.497 e. The molecule has 0 spiro atoms. The van der Waals surface area contributed by atoms with E-state index < -0.39 is 0 Å².